The number of benzene rings is 1. The quantitative estimate of drug-likeness (QED) is 0.486. The second-order valence-corrected chi connectivity index (χ2v) is 8.10. The molecule has 0 saturated heterocycles. The molecular weight excluding hydrogens is 374 g/mol. The average Bonchev–Trinajstić information content (AvgIpc) is 3.42. The maximum absolute atomic E-state index is 12.1. The van der Waals surface area contributed by atoms with Crippen LogP contribution in [0.5, 0.6) is 0 Å². The van der Waals surface area contributed by atoms with E-state index in [-0.39, 0.29) is 16.8 Å². The lowest BCUT2D eigenvalue weighted by molar-refractivity contribution is -0.154. The summed E-state index contributed by atoms with van der Waals surface area (Å²) in [6.45, 7) is 2.27. The monoisotopic (exact) mass is 397 g/mol. The van der Waals surface area contributed by atoms with E-state index in [2.05, 4.69) is 15.4 Å². The van der Waals surface area contributed by atoms with E-state index in [9.17, 15) is 22.8 Å². The van der Waals surface area contributed by atoms with E-state index >= 15 is 0 Å². The summed E-state index contributed by atoms with van der Waals surface area (Å²) in [5, 5.41) is 4.94. The average molecular weight is 397 g/mol. The van der Waals surface area contributed by atoms with Crippen molar-refractivity contribution < 1.29 is 27.5 Å². The van der Waals surface area contributed by atoms with Crippen molar-refractivity contribution in [3.8, 4) is 0 Å². The van der Waals surface area contributed by atoms with E-state index in [0.717, 1.165) is 18.4 Å². The SMILES string of the molecule is Cc1ccc(S(=O)(=O)NCC(=O)NCC(=O)O[C@@H](C)C(=O)NC2CC2)cc1. The summed E-state index contributed by atoms with van der Waals surface area (Å²) in [7, 11) is -3.83. The van der Waals surface area contributed by atoms with Crippen molar-refractivity contribution in [2.45, 2.75) is 43.7 Å². The number of carbonyl (C=O) groups excluding carboxylic acids is 3. The maximum atomic E-state index is 12.1. The lowest BCUT2D eigenvalue weighted by Gasteiger charge is -2.13. The summed E-state index contributed by atoms with van der Waals surface area (Å²) in [6.07, 6.45) is 0.872. The minimum Gasteiger partial charge on any atom is -0.451 e. The van der Waals surface area contributed by atoms with Gasteiger partial charge in [-0.25, -0.2) is 13.1 Å². The molecule has 1 aliphatic rings. The fraction of sp³-hybridized carbons (Fsp3) is 0.471. The molecule has 1 aromatic carbocycles. The molecule has 0 aliphatic heterocycles. The van der Waals surface area contributed by atoms with Crippen LogP contribution in [-0.4, -0.2) is 51.4 Å². The molecule has 0 radical (unpaired) electrons. The van der Waals surface area contributed by atoms with Crippen LogP contribution in [0.1, 0.15) is 25.3 Å². The van der Waals surface area contributed by atoms with Gasteiger partial charge in [0.05, 0.1) is 11.4 Å². The molecule has 10 heteroatoms. The summed E-state index contributed by atoms with van der Waals surface area (Å²) in [5.74, 6) is -1.87. The Morgan fingerprint density at radius 2 is 1.78 bits per heavy atom. The van der Waals surface area contributed by atoms with Gasteiger partial charge in [-0.15, -0.1) is 0 Å². The molecular formula is C17H23N3O6S. The molecule has 0 bridgehead atoms. The van der Waals surface area contributed by atoms with Crippen molar-refractivity contribution in [3.05, 3.63) is 29.8 Å². The molecule has 3 N–H and O–H groups in total. The first-order valence-corrected chi connectivity index (χ1v) is 9.98. The molecule has 2 amide bonds. The highest BCUT2D eigenvalue weighted by atomic mass is 32.2. The van der Waals surface area contributed by atoms with Crippen LogP contribution in [-0.2, 0) is 29.1 Å². The predicted octanol–water partition coefficient (Wildman–Crippen LogP) is -0.400. The van der Waals surface area contributed by atoms with Crippen molar-refractivity contribution in [3.63, 3.8) is 0 Å². The normalized spacial score (nSPS) is 14.9. The van der Waals surface area contributed by atoms with Crippen LogP contribution in [0.2, 0.25) is 0 Å². The van der Waals surface area contributed by atoms with Gasteiger partial charge < -0.3 is 15.4 Å². The second-order valence-electron chi connectivity index (χ2n) is 6.33. The Labute approximate surface area is 157 Å². The number of amides is 2. The van der Waals surface area contributed by atoms with Crippen molar-refractivity contribution in [1.29, 1.82) is 0 Å². The van der Waals surface area contributed by atoms with Crippen LogP contribution >= 0.6 is 0 Å². The number of aryl methyl sites for hydroxylation is 1. The lowest BCUT2D eigenvalue weighted by atomic mass is 10.2. The van der Waals surface area contributed by atoms with E-state index in [4.69, 9.17) is 4.74 Å². The highest BCUT2D eigenvalue weighted by Gasteiger charge is 2.27. The Hall–Kier alpha value is -2.46. The highest BCUT2D eigenvalue weighted by Crippen LogP contribution is 2.18. The van der Waals surface area contributed by atoms with E-state index in [0.29, 0.717) is 0 Å². The fourth-order valence-corrected chi connectivity index (χ4v) is 3.02. The van der Waals surface area contributed by atoms with Crippen molar-refractivity contribution >= 4 is 27.8 Å². The summed E-state index contributed by atoms with van der Waals surface area (Å²) >= 11 is 0. The summed E-state index contributed by atoms with van der Waals surface area (Å²) in [4.78, 5) is 35.1. The van der Waals surface area contributed by atoms with E-state index in [1.165, 1.54) is 19.1 Å². The molecule has 0 aromatic heterocycles. The number of hydrogen-bond acceptors (Lipinski definition) is 6. The number of ether oxygens (including phenoxy) is 1. The Morgan fingerprint density at radius 3 is 2.37 bits per heavy atom. The number of esters is 1. The molecule has 148 valence electrons. The van der Waals surface area contributed by atoms with E-state index < -0.39 is 41.1 Å². The first-order chi connectivity index (χ1) is 12.7. The summed E-state index contributed by atoms with van der Waals surface area (Å²) in [6, 6.07) is 6.30. The van der Waals surface area contributed by atoms with Crippen molar-refractivity contribution in [2.24, 2.45) is 0 Å². The van der Waals surface area contributed by atoms with Gasteiger partial charge in [0.2, 0.25) is 15.9 Å². The van der Waals surface area contributed by atoms with Crippen LogP contribution in [0.3, 0.4) is 0 Å². The molecule has 0 spiro atoms. The van der Waals surface area contributed by atoms with Crippen LogP contribution in [0, 0.1) is 6.92 Å². The van der Waals surface area contributed by atoms with Crippen molar-refractivity contribution in [1.82, 2.24) is 15.4 Å². The van der Waals surface area contributed by atoms with Crippen LogP contribution in [0.15, 0.2) is 29.2 Å². The number of carbonyl (C=O) groups is 3. The molecule has 9 nitrogen and oxygen atoms in total. The highest BCUT2D eigenvalue weighted by molar-refractivity contribution is 7.89. The molecule has 2 rings (SSSR count). The zero-order chi connectivity index (χ0) is 20.0. The zero-order valence-corrected chi connectivity index (χ0v) is 16.0. The third-order valence-corrected chi connectivity index (χ3v) is 5.20. The van der Waals surface area contributed by atoms with Gasteiger partial charge in [-0.05, 0) is 38.8 Å². The standard InChI is InChI=1S/C17H23N3O6S/c1-11-3-7-14(8-4-11)27(24,25)19-9-15(21)18-10-16(22)26-12(2)17(23)20-13-5-6-13/h3-4,7-8,12-13,19H,5-6,9-10H2,1-2H3,(H,18,21)(H,20,23)/t12-/m0/s1. The molecule has 0 heterocycles. The Kier molecular flexibility index (Phi) is 6.92. The zero-order valence-electron chi connectivity index (χ0n) is 15.2. The van der Waals surface area contributed by atoms with Crippen LogP contribution in [0.4, 0.5) is 0 Å². The topological polar surface area (TPSA) is 131 Å². The number of sulfonamides is 1. The van der Waals surface area contributed by atoms with Gasteiger partial charge >= 0.3 is 5.97 Å². The maximum Gasteiger partial charge on any atom is 0.326 e. The van der Waals surface area contributed by atoms with Gasteiger partial charge in [-0.3, -0.25) is 14.4 Å². The Morgan fingerprint density at radius 1 is 1.15 bits per heavy atom. The molecule has 1 saturated carbocycles. The smallest absolute Gasteiger partial charge is 0.326 e. The number of nitrogens with one attached hydrogen (secondary N) is 3. The minimum atomic E-state index is -3.83. The van der Waals surface area contributed by atoms with Crippen LogP contribution in [0.25, 0.3) is 0 Å². The second kappa shape index (κ2) is 8.96. The molecule has 27 heavy (non-hydrogen) atoms. The van der Waals surface area contributed by atoms with E-state index in [1.54, 1.807) is 12.1 Å². The Bertz CT molecular complexity index is 802. The van der Waals surface area contributed by atoms with Gasteiger partial charge in [0, 0.05) is 6.04 Å². The lowest BCUT2D eigenvalue weighted by Crippen LogP contribution is -2.42. The van der Waals surface area contributed by atoms with Gasteiger partial charge in [0.15, 0.2) is 6.10 Å². The molecule has 1 aliphatic carbocycles. The molecule has 1 fully saturated rings. The third kappa shape index (κ3) is 6.99. The number of rotatable bonds is 9. The largest absolute Gasteiger partial charge is 0.451 e. The molecule has 1 aromatic rings. The summed E-state index contributed by atoms with van der Waals surface area (Å²) < 4.78 is 31.2. The summed E-state index contributed by atoms with van der Waals surface area (Å²) in [5.41, 5.74) is 0.908. The number of hydrogen-bond donors (Lipinski definition) is 3. The molecule has 0 unspecified atom stereocenters. The van der Waals surface area contributed by atoms with Gasteiger partial charge in [0.25, 0.3) is 5.91 Å². The van der Waals surface area contributed by atoms with Gasteiger partial charge in [-0.1, -0.05) is 17.7 Å². The first-order valence-electron chi connectivity index (χ1n) is 8.50. The fourth-order valence-electron chi connectivity index (χ4n) is 2.03. The Balaban J connectivity index is 1.71. The minimum absolute atomic E-state index is 0.0378. The van der Waals surface area contributed by atoms with Crippen LogP contribution < -0.4 is 15.4 Å². The van der Waals surface area contributed by atoms with Crippen molar-refractivity contribution in [2.75, 3.05) is 13.1 Å². The predicted molar refractivity (Wildman–Crippen MR) is 96.1 cm³/mol. The van der Waals surface area contributed by atoms with Gasteiger partial charge in [0.1, 0.15) is 6.54 Å². The third-order valence-electron chi connectivity index (χ3n) is 3.79. The molecule has 1 atom stereocenters. The van der Waals surface area contributed by atoms with Gasteiger partial charge in [-0.2, -0.15) is 0 Å². The van der Waals surface area contributed by atoms with E-state index in [1.807, 2.05) is 6.92 Å². The first kappa shape index (κ1) is 20.8.